The molecule has 1 amide bonds. The van der Waals surface area contributed by atoms with Crippen LogP contribution in [-0.2, 0) is 15.7 Å². The molecule has 2 N–H and O–H groups in total. The molecule has 2 rings (SSSR count). The first-order valence-corrected chi connectivity index (χ1v) is 7.91. The summed E-state index contributed by atoms with van der Waals surface area (Å²) in [6, 6.07) is 5.21. The molecule has 138 valence electrons. The molecule has 0 saturated heterocycles. The normalized spacial score (nSPS) is 11.0. The Morgan fingerprint density at radius 1 is 1.32 bits per heavy atom. The second-order valence-corrected chi connectivity index (χ2v) is 5.66. The minimum absolute atomic E-state index is 0. The summed E-state index contributed by atoms with van der Waals surface area (Å²) in [7, 11) is 1.55. The number of nitrogens with one attached hydrogen (secondary N) is 2. The van der Waals surface area contributed by atoms with Crippen LogP contribution in [-0.4, -0.2) is 37.7 Å². The van der Waals surface area contributed by atoms with E-state index in [0.717, 1.165) is 17.4 Å². The average Bonchev–Trinajstić information content (AvgIpc) is 2.99. The number of alkyl halides is 3. The molecule has 0 aliphatic rings. The molecule has 0 spiro atoms. The molecule has 0 aliphatic carbocycles. The zero-order chi connectivity index (χ0) is 17.6. The summed E-state index contributed by atoms with van der Waals surface area (Å²) in [5.41, 5.74) is -0.593. The fraction of sp³-hybridized carbons (Fsp3) is 0.333. The molecule has 10 heteroatoms. The van der Waals surface area contributed by atoms with Crippen LogP contribution < -0.4 is 10.6 Å². The number of benzene rings is 1. The highest BCUT2D eigenvalue weighted by Crippen LogP contribution is 2.37. The van der Waals surface area contributed by atoms with Crippen LogP contribution in [0.4, 0.5) is 18.3 Å². The van der Waals surface area contributed by atoms with Crippen LogP contribution in [0.1, 0.15) is 5.56 Å². The van der Waals surface area contributed by atoms with Crippen molar-refractivity contribution in [2.75, 3.05) is 32.1 Å². The van der Waals surface area contributed by atoms with E-state index >= 15 is 0 Å². The van der Waals surface area contributed by atoms with E-state index in [2.05, 4.69) is 15.6 Å². The highest BCUT2D eigenvalue weighted by atomic mass is 35.5. The Kier molecular flexibility index (Phi) is 8.30. The van der Waals surface area contributed by atoms with Crippen LogP contribution in [0.15, 0.2) is 29.6 Å². The third kappa shape index (κ3) is 6.28. The van der Waals surface area contributed by atoms with E-state index in [1.54, 1.807) is 7.11 Å². The smallest absolute Gasteiger partial charge is 0.383 e. The molecule has 0 atom stereocenters. The van der Waals surface area contributed by atoms with Crippen molar-refractivity contribution in [3.63, 3.8) is 0 Å². The number of ether oxygens (including phenoxy) is 1. The second-order valence-electron chi connectivity index (χ2n) is 4.80. The van der Waals surface area contributed by atoms with E-state index in [0.29, 0.717) is 13.2 Å². The van der Waals surface area contributed by atoms with Crippen molar-refractivity contribution in [3.05, 3.63) is 35.2 Å². The van der Waals surface area contributed by atoms with Crippen LogP contribution in [0.5, 0.6) is 0 Å². The predicted molar refractivity (Wildman–Crippen MR) is 93.2 cm³/mol. The zero-order valence-corrected chi connectivity index (χ0v) is 14.9. The molecule has 0 unspecified atom stereocenters. The van der Waals surface area contributed by atoms with E-state index < -0.39 is 11.7 Å². The summed E-state index contributed by atoms with van der Waals surface area (Å²) in [4.78, 5) is 15.8. The third-order valence-corrected chi connectivity index (χ3v) is 3.79. The van der Waals surface area contributed by atoms with Crippen LogP contribution >= 0.6 is 23.7 Å². The van der Waals surface area contributed by atoms with Crippen LogP contribution in [0, 0.1) is 0 Å². The minimum Gasteiger partial charge on any atom is -0.383 e. The standard InChI is InChI=1S/C15H16F3N3O2S.ClH/c1-23-7-6-19-8-13(22)21-14-20-12(9-24-14)10-4-2-3-5-11(10)15(16,17)18;/h2-5,9,19H,6-8H2,1H3,(H,20,21,22);1H. The molecular weight excluding hydrogens is 379 g/mol. The number of halogens is 4. The minimum atomic E-state index is -4.46. The molecular formula is C15H17ClF3N3O2S. The molecule has 1 aromatic heterocycles. The van der Waals surface area contributed by atoms with Gasteiger partial charge in [0, 0.05) is 24.6 Å². The number of hydrogen-bond acceptors (Lipinski definition) is 5. The van der Waals surface area contributed by atoms with Gasteiger partial charge in [0.1, 0.15) is 0 Å². The highest BCUT2D eigenvalue weighted by Gasteiger charge is 2.33. The number of hydrogen-bond donors (Lipinski definition) is 2. The van der Waals surface area contributed by atoms with Gasteiger partial charge in [-0.2, -0.15) is 13.2 Å². The van der Waals surface area contributed by atoms with E-state index in [1.807, 2.05) is 0 Å². The number of anilines is 1. The van der Waals surface area contributed by atoms with Gasteiger partial charge in [-0.05, 0) is 6.07 Å². The third-order valence-electron chi connectivity index (χ3n) is 3.03. The van der Waals surface area contributed by atoms with E-state index in [4.69, 9.17) is 4.74 Å². The fourth-order valence-electron chi connectivity index (χ4n) is 1.95. The number of amides is 1. The Hall–Kier alpha value is -1.68. The van der Waals surface area contributed by atoms with E-state index in [1.165, 1.54) is 23.6 Å². The summed E-state index contributed by atoms with van der Waals surface area (Å²) in [5, 5.41) is 7.15. The quantitative estimate of drug-likeness (QED) is 0.705. The van der Waals surface area contributed by atoms with Crippen LogP contribution in [0.3, 0.4) is 0 Å². The summed E-state index contributed by atoms with van der Waals surface area (Å²) < 4.78 is 44.0. The molecule has 0 saturated carbocycles. The highest BCUT2D eigenvalue weighted by molar-refractivity contribution is 7.14. The Morgan fingerprint density at radius 3 is 2.72 bits per heavy atom. The number of rotatable bonds is 7. The number of nitrogens with zero attached hydrogens (tertiary/aromatic N) is 1. The largest absolute Gasteiger partial charge is 0.417 e. The van der Waals surface area contributed by atoms with Gasteiger partial charge in [-0.15, -0.1) is 23.7 Å². The summed E-state index contributed by atoms with van der Waals surface area (Å²) in [6.45, 7) is 1.06. The molecule has 1 aromatic carbocycles. The zero-order valence-electron chi connectivity index (χ0n) is 13.2. The summed E-state index contributed by atoms with van der Waals surface area (Å²) in [6.07, 6.45) is -4.46. The number of aromatic nitrogens is 1. The molecule has 2 aromatic rings. The first-order chi connectivity index (χ1) is 11.4. The monoisotopic (exact) mass is 395 g/mol. The van der Waals surface area contributed by atoms with Gasteiger partial charge in [-0.3, -0.25) is 4.79 Å². The Morgan fingerprint density at radius 2 is 2.04 bits per heavy atom. The molecule has 5 nitrogen and oxygen atoms in total. The molecule has 0 aliphatic heterocycles. The van der Waals surface area contributed by atoms with Crippen LogP contribution in [0.2, 0.25) is 0 Å². The van der Waals surface area contributed by atoms with Crippen molar-refractivity contribution >= 4 is 34.8 Å². The second kappa shape index (κ2) is 9.71. The summed E-state index contributed by atoms with van der Waals surface area (Å²) in [5.74, 6) is -0.323. The molecule has 25 heavy (non-hydrogen) atoms. The van der Waals surface area contributed by atoms with E-state index in [-0.39, 0.29) is 41.2 Å². The Balaban J connectivity index is 0.00000312. The van der Waals surface area contributed by atoms with E-state index in [9.17, 15) is 18.0 Å². The molecule has 1 heterocycles. The van der Waals surface area contributed by atoms with Crippen molar-refractivity contribution in [1.82, 2.24) is 10.3 Å². The Labute approximate surface area is 153 Å². The number of methoxy groups -OCH3 is 1. The van der Waals surface area contributed by atoms with Crippen molar-refractivity contribution in [2.45, 2.75) is 6.18 Å². The van der Waals surface area contributed by atoms with Gasteiger partial charge < -0.3 is 15.4 Å². The molecule has 0 radical (unpaired) electrons. The Bertz CT molecular complexity index is 695. The van der Waals surface area contributed by atoms with Gasteiger partial charge >= 0.3 is 6.18 Å². The first-order valence-electron chi connectivity index (χ1n) is 7.03. The fourth-order valence-corrected chi connectivity index (χ4v) is 2.67. The SMILES string of the molecule is COCCNCC(=O)Nc1nc(-c2ccccc2C(F)(F)F)cs1.Cl. The van der Waals surface area contributed by atoms with Crippen molar-refractivity contribution < 1.29 is 22.7 Å². The lowest BCUT2D eigenvalue weighted by Crippen LogP contribution is -2.30. The lowest BCUT2D eigenvalue weighted by molar-refractivity contribution is -0.137. The predicted octanol–water partition coefficient (Wildman–Crippen LogP) is 3.43. The molecule has 0 fully saturated rings. The average molecular weight is 396 g/mol. The lowest BCUT2D eigenvalue weighted by atomic mass is 10.1. The molecule has 0 bridgehead atoms. The van der Waals surface area contributed by atoms with Gasteiger partial charge in [-0.1, -0.05) is 18.2 Å². The van der Waals surface area contributed by atoms with Gasteiger partial charge in [0.05, 0.1) is 24.4 Å². The lowest BCUT2D eigenvalue weighted by Gasteiger charge is -2.10. The maximum atomic E-state index is 13.0. The maximum Gasteiger partial charge on any atom is 0.417 e. The maximum absolute atomic E-state index is 13.0. The van der Waals surface area contributed by atoms with Crippen LogP contribution in [0.25, 0.3) is 11.3 Å². The van der Waals surface area contributed by atoms with Gasteiger partial charge in [0.25, 0.3) is 0 Å². The number of carbonyl (C=O) groups excluding carboxylic acids is 1. The topological polar surface area (TPSA) is 63.2 Å². The number of thiazole rings is 1. The summed E-state index contributed by atoms with van der Waals surface area (Å²) >= 11 is 1.07. The van der Waals surface area contributed by atoms with Gasteiger partial charge in [0.15, 0.2) is 5.13 Å². The number of carbonyl (C=O) groups is 1. The van der Waals surface area contributed by atoms with Crippen molar-refractivity contribution in [2.24, 2.45) is 0 Å². The van der Waals surface area contributed by atoms with Gasteiger partial charge in [-0.25, -0.2) is 4.98 Å². The van der Waals surface area contributed by atoms with Gasteiger partial charge in [0.2, 0.25) is 5.91 Å². The van der Waals surface area contributed by atoms with Crippen molar-refractivity contribution in [3.8, 4) is 11.3 Å². The first kappa shape index (κ1) is 21.4. The van der Waals surface area contributed by atoms with Crippen molar-refractivity contribution in [1.29, 1.82) is 0 Å².